The Labute approximate surface area is 672 Å². The summed E-state index contributed by atoms with van der Waals surface area (Å²) in [7, 11) is 8.90. The van der Waals surface area contributed by atoms with Gasteiger partial charge in [-0.05, 0) is 99.7 Å². The van der Waals surface area contributed by atoms with Gasteiger partial charge in [-0.25, -0.2) is 44.3 Å². The average Bonchev–Trinajstić information content (AvgIpc) is 1.76. The summed E-state index contributed by atoms with van der Waals surface area (Å²) in [5.41, 5.74) is 10.2. The zero-order valence-corrected chi connectivity index (χ0v) is 63.9. The number of benzene rings is 6. The summed E-state index contributed by atoms with van der Waals surface area (Å²) < 4.78 is 25.3. The van der Waals surface area contributed by atoms with Crippen LogP contribution in [0.15, 0.2) is 146 Å². The summed E-state index contributed by atoms with van der Waals surface area (Å²) >= 11 is 6.21. The first-order valence-electron chi connectivity index (χ1n) is 29.0. The van der Waals surface area contributed by atoms with Crippen LogP contribution in [0.25, 0.3) is 66.9 Å². The molecule has 0 unspecified atom stereocenters. The summed E-state index contributed by atoms with van der Waals surface area (Å²) in [5.74, 6) is -0.139. The van der Waals surface area contributed by atoms with Gasteiger partial charge >= 0.3 is 150 Å². The molecule has 498 valence electrons. The van der Waals surface area contributed by atoms with Crippen molar-refractivity contribution in [1.82, 2.24) is 35.2 Å². The molecule has 0 amide bonds. The van der Waals surface area contributed by atoms with Crippen molar-refractivity contribution in [1.29, 1.82) is 0 Å². The number of carbonyl (C=O) groups is 4. The summed E-state index contributed by atoms with van der Waals surface area (Å²) in [5, 5.41) is 28.4. The maximum atomic E-state index is 11.9. The number of carbonyl (C=O) groups excluding carboxylic acids is 3. The number of rotatable bonds is 15. The normalized spacial score (nSPS) is 14.5. The molecule has 3 aromatic heterocycles. The smallest absolute Gasteiger partial charge is 1.00 e. The number of aliphatic hydroxyl groups excluding tert-OH is 1. The average molecular weight is 1400 g/mol. The molecule has 9 aromatic rings. The number of esters is 2. The standard InChI is InChI=1S/C22H23N3O3.C21H21N3O3.C16H11ClN2O2.C6H13NO.CH2O3.CH4O.CH4.2K.Na.2H2O.H/c1-27-14-17-9-6-12-25(17)21-20(15-7-4-3-5-8-15)23-18-11-10-16(22(26)28-2)13-19(18)24-21;1-27-13-16-8-5-11-24(16)20-19(14-6-3-2-4-7-14)22-17-10-9-15(21(25)26)12-18(17)23-20;1-21-16(20)11-7-8-12-13(9-11)19-15(17)14(18-12)10-5-3-2-4-6-10;1-8-5-6-3-2-4-7-6;2-1-4-3;1-2;;;;;;;/h3-5,7-8,10-11,13,17H,6,9,12,14H2,1-2H3;2-4,6-7,9-10,12,16H,5,8,11,13H2,1H3,(H,25,26);2-9H,1H3;6-7H,2-5H2,1H3;1,3H;2H,1H3;1H4;;;;2*1H2;/q;;;;;;;3*+1;;;-1/p-2/t17-;16-;;6-;;;;;;;;;/m11.1........./s1. The van der Waals surface area contributed by atoms with E-state index >= 15 is 0 Å². The maximum Gasteiger partial charge on any atom is 1.00 e. The molecule has 3 atom stereocenters. The molecule has 0 bridgehead atoms. The quantitative estimate of drug-likeness (QED) is 0.0407. The molecule has 0 aliphatic carbocycles. The van der Waals surface area contributed by atoms with Crippen molar-refractivity contribution in [2.24, 2.45) is 0 Å². The fourth-order valence-corrected chi connectivity index (χ4v) is 10.8. The number of halogens is 1. The minimum atomic E-state index is -0.967. The van der Waals surface area contributed by atoms with Gasteiger partial charge in [0.05, 0.1) is 95.9 Å². The van der Waals surface area contributed by atoms with Crippen LogP contribution in [0.4, 0.5) is 11.6 Å². The van der Waals surface area contributed by atoms with Gasteiger partial charge in [0.15, 0.2) is 16.8 Å². The number of carboxylic acid groups (broad SMARTS) is 1. The zero-order chi connectivity index (χ0) is 64.4. The predicted octanol–water partition coefficient (Wildman–Crippen LogP) is 0.233. The molecule has 3 saturated heterocycles. The largest absolute Gasteiger partial charge is 1.00 e. The molecule has 0 saturated carbocycles. The van der Waals surface area contributed by atoms with Crippen LogP contribution in [0.2, 0.25) is 5.15 Å². The third-order valence-corrected chi connectivity index (χ3v) is 15.0. The van der Waals surface area contributed by atoms with Crippen molar-refractivity contribution < 1.29 is 208 Å². The summed E-state index contributed by atoms with van der Waals surface area (Å²) in [4.78, 5) is 79.0. The van der Waals surface area contributed by atoms with Crippen LogP contribution in [-0.4, -0.2) is 176 Å². The van der Waals surface area contributed by atoms with Crippen LogP contribution >= 0.6 is 11.6 Å². The van der Waals surface area contributed by atoms with E-state index in [-0.39, 0.29) is 182 Å². The molecule has 0 radical (unpaired) electrons. The van der Waals surface area contributed by atoms with E-state index in [1.165, 1.54) is 33.6 Å². The predicted molar refractivity (Wildman–Crippen MR) is 356 cm³/mol. The van der Waals surface area contributed by atoms with Gasteiger partial charge in [0.1, 0.15) is 17.1 Å². The van der Waals surface area contributed by atoms with Gasteiger partial charge in [0, 0.05) is 64.3 Å². The van der Waals surface area contributed by atoms with Gasteiger partial charge in [0.2, 0.25) is 0 Å². The Morgan fingerprint density at radius 2 is 0.927 bits per heavy atom. The molecule has 28 heteroatoms. The Balaban J connectivity index is 0.00000126. The Hall–Kier alpha value is -4.94. The Bertz CT molecular complexity index is 3810. The molecule has 0 spiro atoms. The van der Waals surface area contributed by atoms with Gasteiger partial charge in [-0.3, -0.25) is 4.79 Å². The van der Waals surface area contributed by atoms with E-state index in [0.29, 0.717) is 68.8 Å². The second-order valence-electron chi connectivity index (χ2n) is 20.5. The topological polar surface area (TPSA) is 345 Å². The maximum absolute atomic E-state index is 11.9. The number of nitrogens with one attached hydrogen (secondary N) is 1. The van der Waals surface area contributed by atoms with Gasteiger partial charge in [0.25, 0.3) is 6.47 Å². The molecule has 6 aromatic carbocycles. The molecular weight excluding hydrogens is 1320 g/mol. The number of carboxylic acids is 1. The Morgan fingerprint density at radius 1 is 0.562 bits per heavy atom. The monoisotopic (exact) mass is 1400 g/mol. The molecule has 96 heavy (non-hydrogen) atoms. The first-order valence-corrected chi connectivity index (χ1v) is 29.4. The fraction of sp³-hybridized carbons (Fsp3) is 0.324. The third kappa shape index (κ3) is 24.7. The minimum Gasteiger partial charge on any atom is -1.00 e. The van der Waals surface area contributed by atoms with Crippen LogP contribution < -0.4 is 153 Å². The van der Waals surface area contributed by atoms with Gasteiger partial charge in [-0.2, -0.15) is 0 Å². The van der Waals surface area contributed by atoms with Crippen LogP contribution in [-0.2, 0) is 33.4 Å². The van der Waals surface area contributed by atoms with Crippen molar-refractivity contribution in [3.63, 3.8) is 0 Å². The van der Waals surface area contributed by atoms with Gasteiger partial charge in [-0.15, -0.1) is 0 Å². The van der Waals surface area contributed by atoms with E-state index in [1.54, 1.807) is 69.9 Å². The van der Waals surface area contributed by atoms with Crippen molar-refractivity contribution in [3.8, 4) is 33.8 Å². The number of ether oxygens (including phenoxy) is 5. The summed E-state index contributed by atoms with van der Waals surface area (Å²) in [6.07, 6.45) is 6.85. The number of anilines is 2. The van der Waals surface area contributed by atoms with E-state index in [0.717, 1.165) is 97.7 Å². The number of nitrogens with zero attached hydrogens (tertiary/aromatic N) is 8. The van der Waals surface area contributed by atoms with E-state index < -0.39 is 11.9 Å². The number of fused-ring (bicyclic) bond motifs is 3. The second kappa shape index (κ2) is 47.2. The van der Waals surface area contributed by atoms with Crippen molar-refractivity contribution in [2.45, 2.75) is 64.1 Å². The summed E-state index contributed by atoms with van der Waals surface area (Å²) in [6, 6.07) is 46.0. The van der Waals surface area contributed by atoms with Crippen LogP contribution in [0.5, 0.6) is 0 Å². The van der Waals surface area contributed by atoms with E-state index in [9.17, 15) is 19.5 Å². The number of methoxy groups -OCH3 is 5. The van der Waals surface area contributed by atoms with Crippen molar-refractivity contribution >= 4 is 80.7 Å². The molecule has 12 rings (SSSR count). The molecule has 6 N–H and O–H groups in total. The number of aromatic nitrogens is 6. The van der Waals surface area contributed by atoms with Gasteiger partial charge in [-0.1, -0.05) is 110 Å². The molecule has 6 heterocycles. The van der Waals surface area contributed by atoms with Crippen LogP contribution in [0.3, 0.4) is 0 Å². The SMILES string of the molecule is C.CO.COC(=O)c1ccc2nc(-c3ccccc3)c(Cl)nc2c1.COC[C@H]1CCCN1.COC[C@H]1CCCN1c1nc2cc(C(=O)O)ccc2nc1-c1ccccc1.COC[C@H]1CCCN1c1nc2cc(C(=O)OC)ccc2nc1-c1ccccc1.O.O=CO[O-].[H-].[K+].[K+].[Na+].[OH-]. The molecule has 3 aliphatic heterocycles. The number of hydrogen-bond acceptors (Lipinski definition) is 22. The fourth-order valence-electron chi connectivity index (χ4n) is 10.6. The number of hydrogen-bond donors (Lipinski definition) is 3. The Kier molecular flexibility index (Phi) is 43.8. The van der Waals surface area contributed by atoms with E-state index in [2.05, 4.69) is 34.7 Å². The molecule has 3 fully saturated rings. The molecular formula is C68H81ClK2N9NaO15. The third-order valence-electron chi connectivity index (χ3n) is 14.7. The number of aliphatic hydroxyl groups is 1. The molecule has 24 nitrogen and oxygen atoms in total. The Morgan fingerprint density at radius 3 is 1.28 bits per heavy atom. The minimum absolute atomic E-state index is 0. The zero-order valence-electron chi connectivity index (χ0n) is 55.9. The van der Waals surface area contributed by atoms with E-state index in [4.69, 9.17) is 65.6 Å². The van der Waals surface area contributed by atoms with Crippen molar-refractivity contribution in [3.05, 3.63) is 167 Å². The van der Waals surface area contributed by atoms with Crippen LogP contribution in [0, 0.1) is 0 Å². The van der Waals surface area contributed by atoms with Crippen LogP contribution in [0.1, 0.15) is 78.5 Å². The summed E-state index contributed by atoms with van der Waals surface area (Å²) in [6.45, 7) is 4.94. The number of aromatic carboxylic acids is 1. The van der Waals surface area contributed by atoms with E-state index in [1.807, 2.05) is 97.1 Å². The molecule has 3 aliphatic rings. The second-order valence-corrected chi connectivity index (χ2v) is 20.8. The first kappa shape index (κ1) is 89.1. The van der Waals surface area contributed by atoms with Gasteiger partial charge < -0.3 is 71.5 Å². The van der Waals surface area contributed by atoms with Crippen molar-refractivity contribution in [2.75, 3.05) is 91.9 Å². The first-order chi connectivity index (χ1) is 43.9.